The highest BCUT2D eigenvalue weighted by atomic mass is 35.5. The van der Waals surface area contributed by atoms with E-state index in [1.165, 1.54) is 5.56 Å². The maximum absolute atomic E-state index is 12.4. The van der Waals surface area contributed by atoms with Gasteiger partial charge in [0.15, 0.2) is 11.5 Å². The molecule has 0 spiro atoms. The predicted octanol–water partition coefficient (Wildman–Crippen LogP) is 2.56. The van der Waals surface area contributed by atoms with Crippen LogP contribution >= 0.6 is 12.4 Å². The van der Waals surface area contributed by atoms with Gasteiger partial charge in [-0.1, -0.05) is 30.3 Å². The fourth-order valence-corrected chi connectivity index (χ4v) is 3.33. The predicted molar refractivity (Wildman–Crippen MR) is 99.6 cm³/mol. The number of amides is 1. The third-order valence-corrected chi connectivity index (χ3v) is 4.48. The first kappa shape index (κ1) is 19.1. The Morgan fingerprint density at radius 1 is 1.16 bits per heavy atom. The van der Waals surface area contributed by atoms with Crippen molar-refractivity contribution in [3.05, 3.63) is 59.2 Å². The topological polar surface area (TPSA) is 64.8 Å². The number of carbonyl (C=O) groups is 1. The minimum Gasteiger partial charge on any atom is -0.493 e. The fourth-order valence-electron chi connectivity index (χ4n) is 3.33. The highest BCUT2D eigenvalue weighted by Crippen LogP contribution is 2.40. The first-order valence-corrected chi connectivity index (χ1v) is 7.98. The van der Waals surface area contributed by atoms with Gasteiger partial charge in [-0.05, 0) is 35.2 Å². The summed E-state index contributed by atoms with van der Waals surface area (Å²) in [5.74, 6) is 1.32. The molecule has 1 unspecified atom stereocenters. The van der Waals surface area contributed by atoms with Gasteiger partial charge in [-0.2, -0.15) is 0 Å². The average Bonchev–Trinajstić information content (AvgIpc) is 2.65. The van der Waals surface area contributed by atoms with Gasteiger partial charge in [-0.15, -0.1) is 12.4 Å². The van der Waals surface area contributed by atoms with Crippen molar-refractivity contribution in [2.75, 3.05) is 27.3 Å². The molecular formula is C19H23ClN2O3. The van der Waals surface area contributed by atoms with Crippen LogP contribution in [0.25, 0.3) is 0 Å². The first-order chi connectivity index (χ1) is 11.7. The molecule has 0 fully saturated rings. The van der Waals surface area contributed by atoms with Crippen LogP contribution in [0.3, 0.4) is 0 Å². The van der Waals surface area contributed by atoms with Crippen LogP contribution in [-0.2, 0) is 11.2 Å². The lowest BCUT2D eigenvalue weighted by atomic mass is 9.87. The summed E-state index contributed by atoms with van der Waals surface area (Å²) >= 11 is 0. The Morgan fingerprint density at radius 2 is 1.80 bits per heavy atom. The molecule has 1 amide bonds. The van der Waals surface area contributed by atoms with E-state index < -0.39 is 0 Å². The van der Waals surface area contributed by atoms with Crippen molar-refractivity contribution in [2.24, 2.45) is 5.73 Å². The minimum absolute atomic E-state index is 0. The Balaban J connectivity index is 0.00000225. The summed E-state index contributed by atoms with van der Waals surface area (Å²) in [5.41, 5.74) is 8.92. The van der Waals surface area contributed by atoms with E-state index in [-0.39, 0.29) is 30.9 Å². The number of methoxy groups -OCH3 is 2. The Labute approximate surface area is 154 Å². The van der Waals surface area contributed by atoms with Crippen molar-refractivity contribution >= 4 is 18.3 Å². The van der Waals surface area contributed by atoms with Crippen molar-refractivity contribution < 1.29 is 14.3 Å². The van der Waals surface area contributed by atoms with Crippen LogP contribution in [0.5, 0.6) is 11.5 Å². The fraction of sp³-hybridized carbons (Fsp3) is 0.316. The highest BCUT2D eigenvalue weighted by Gasteiger charge is 2.32. The van der Waals surface area contributed by atoms with Gasteiger partial charge in [0.1, 0.15) is 0 Å². The minimum atomic E-state index is -0.161. The molecule has 5 nitrogen and oxygen atoms in total. The molecule has 1 aliphatic rings. The number of benzene rings is 2. The zero-order chi connectivity index (χ0) is 17.1. The Hall–Kier alpha value is -2.24. The van der Waals surface area contributed by atoms with Crippen LogP contribution in [0.15, 0.2) is 42.5 Å². The second-order valence-corrected chi connectivity index (χ2v) is 5.76. The lowest BCUT2D eigenvalue weighted by Gasteiger charge is -2.38. The number of ether oxygens (including phenoxy) is 2. The molecule has 134 valence electrons. The van der Waals surface area contributed by atoms with E-state index >= 15 is 0 Å². The number of rotatable bonds is 4. The lowest BCUT2D eigenvalue weighted by Crippen LogP contribution is -2.43. The Morgan fingerprint density at radius 3 is 2.40 bits per heavy atom. The van der Waals surface area contributed by atoms with Gasteiger partial charge < -0.3 is 20.1 Å². The number of fused-ring (bicyclic) bond motifs is 1. The summed E-state index contributed by atoms with van der Waals surface area (Å²) in [6.07, 6.45) is 0.769. The van der Waals surface area contributed by atoms with Gasteiger partial charge in [-0.25, -0.2) is 0 Å². The van der Waals surface area contributed by atoms with Gasteiger partial charge >= 0.3 is 0 Å². The number of halogens is 1. The van der Waals surface area contributed by atoms with Crippen LogP contribution in [-0.4, -0.2) is 38.1 Å². The molecule has 0 saturated heterocycles. The second-order valence-electron chi connectivity index (χ2n) is 5.76. The van der Waals surface area contributed by atoms with E-state index in [0.717, 1.165) is 17.5 Å². The molecule has 2 aromatic carbocycles. The lowest BCUT2D eigenvalue weighted by molar-refractivity contribution is -0.131. The molecule has 3 rings (SSSR count). The Kier molecular flexibility index (Phi) is 6.28. The summed E-state index contributed by atoms with van der Waals surface area (Å²) in [6.45, 7) is 0.643. The molecule has 1 aliphatic heterocycles. The molecule has 0 aliphatic carbocycles. The largest absolute Gasteiger partial charge is 0.493 e. The zero-order valence-corrected chi connectivity index (χ0v) is 15.2. The molecule has 1 heterocycles. The summed E-state index contributed by atoms with van der Waals surface area (Å²) in [4.78, 5) is 14.2. The number of hydrogen-bond acceptors (Lipinski definition) is 4. The van der Waals surface area contributed by atoms with Crippen molar-refractivity contribution in [1.82, 2.24) is 4.90 Å². The SMILES string of the molecule is COc1cc2c(cc1OC)C(c1ccccc1)N(C(=O)CN)CC2.Cl. The van der Waals surface area contributed by atoms with Crippen LogP contribution < -0.4 is 15.2 Å². The summed E-state index contributed by atoms with van der Waals surface area (Å²) in [7, 11) is 3.25. The molecule has 2 aromatic rings. The maximum Gasteiger partial charge on any atom is 0.237 e. The molecule has 0 aromatic heterocycles. The van der Waals surface area contributed by atoms with E-state index in [1.807, 2.05) is 47.4 Å². The molecule has 6 heteroatoms. The van der Waals surface area contributed by atoms with Crippen LogP contribution in [0, 0.1) is 0 Å². The molecule has 1 atom stereocenters. The van der Waals surface area contributed by atoms with Crippen molar-refractivity contribution in [3.63, 3.8) is 0 Å². The number of hydrogen-bond donors (Lipinski definition) is 1. The molecule has 0 radical (unpaired) electrons. The molecule has 25 heavy (non-hydrogen) atoms. The molecule has 0 saturated carbocycles. The smallest absolute Gasteiger partial charge is 0.237 e. The molecule has 0 bridgehead atoms. The van der Waals surface area contributed by atoms with Gasteiger partial charge in [0.25, 0.3) is 0 Å². The van der Waals surface area contributed by atoms with E-state index in [9.17, 15) is 4.79 Å². The number of carbonyl (C=O) groups excluding carboxylic acids is 1. The van der Waals surface area contributed by atoms with E-state index in [4.69, 9.17) is 15.2 Å². The molecule has 2 N–H and O–H groups in total. The number of nitrogens with zero attached hydrogens (tertiary/aromatic N) is 1. The van der Waals surface area contributed by atoms with Crippen LogP contribution in [0.2, 0.25) is 0 Å². The van der Waals surface area contributed by atoms with Crippen LogP contribution in [0.4, 0.5) is 0 Å². The highest BCUT2D eigenvalue weighted by molar-refractivity contribution is 5.85. The Bertz CT molecular complexity index is 737. The van der Waals surface area contributed by atoms with Gasteiger partial charge in [0, 0.05) is 6.54 Å². The quantitative estimate of drug-likeness (QED) is 0.907. The van der Waals surface area contributed by atoms with Gasteiger partial charge in [0.2, 0.25) is 5.91 Å². The van der Waals surface area contributed by atoms with E-state index in [2.05, 4.69) is 0 Å². The summed E-state index contributed by atoms with van der Waals surface area (Å²) < 4.78 is 10.9. The van der Waals surface area contributed by atoms with Crippen molar-refractivity contribution in [1.29, 1.82) is 0 Å². The van der Waals surface area contributed by atoms with E-state index in [0.29, 0.717) is 18.0 Å². The zero-order valence-electron chi connectivity index (χ0n) is 14.4. The average molecular weight is 363 g/mol. The summed E-state index contributed by atoms with van der Waals surface area (Å²) in [6, 6.07) is 13.8. The van der Waals surface area contributed by atoms with Gasteiger partial charge in [-0.3, -0.25) is 4.79 Å². The second kappa shape index (κ2) is 8.23. The molecular weight excluding hydrogens is 340 g/mol. The third kappa shape index (κ3) is 3.57. The standard InChI is InChI=1S/C19H22N2O3.ClH/c1-23-16-10-14-8-9-21(18(22)12-20)19(13-6-4-3-5-7-13)15(14)11-17(16)24-2;/h3-7,10-11,19H,8-9,12,20H2,1-2H3;1H. The van der Waals surface area contributed by atoms with E-state index in [1.54, 1.807) is 14.2 Å². The normalized spacial score (nSPS) is 15.8. The monoisotopic (exact) mass is 362 g/mol. The third-order valence-electron chi connectivity index (χ3n) is 4.48. The first-order valence-electron chi connectivity index (χ1n) is 7.98. The van der Waals surface area contributed by atoms with Crippen LogP contribution in [0.1, 0.15) is 22.7 Å². The van der Waals surface area contributed by atoms with Crippen molar-refractivity contribution in [2.45, 2.75) is 12.5 Å². The van der Waals surface area contributed by atoms with Crippen molar-refractivity contribution in [3.8, 4) is 11.5 Å². The maximum atomic E-state index is 12.4. The van der Waals surface area contributed by atoms with Gasteiger partial charge in [0.05, 0.1) is 26.8 Å². The summed E-state index contributed by atoms with van der Waals surface area (Å²) in [5, 5.41) is 0. The number of nitrogens with two attached hydrogens (primary N) is 1.